The van der Waals surface area contributed by atoms with Gasteiger partial charge in [-0.3, -0.25) is 9.10 Å². The van der Waals surface area contributed by atoms with Crippen molar-refractivity contribution < 1.29 is 13.2 Å². The number of amides is 1. The lowest BCUT2D eigenvalue weighted by Crippen LogP contribution is -2.50. The maximum Gasteiger partial charge on any atom is 0.264 e. The van der Waals surface area contributed by atoms with Gasteiger partial charge in [-0.15, -0.1) is 0 Å². The van der Waals surface area contributed by atoms with Gasteiger partial charge in [0.05, 0.1) is 10.6 Å². The van der Waals surface area contributed by atoms with Crippen LogP contribution in [-0.2, 0) is 21.2 Å². The molecular formula is C24H24Cl2N2O3S. The second-order valence-corrected chi connectivity index (χ2v) is 10.8. The molecule has 0 unspecified atom stereocenters. The highest BCUT2D eigenvalue weighted by Crippen LogP contribution is 2.29. The Balaban J connectivity index is 1.89. The van der Waals surface area contributed by atoms with E-state index in [2.05, 4.69) is 5.32 Å². The first kappa shape index (κ1) is 24.1. The summed E-state index contributed by atoms with van der Waals surface area (Å²) in [6.45, 7) is 3.36. The molecule has 0 heterocycles. The van der Waals surface area contributed by atoms with Crippen LogP contribution in [0.25, 0.3) is 0 Å². The van der Waals surface area contributed by atoms with Gasteiger partial charge in [-0.05, 0) is 56.2 Å². The molecule has 1 amide bonds. The number of anilines is 1. The molecule has 168 valence electrons. The fourth-order valence-electron chi connectivity index (χ4n) is 3.42. The van der Waals surface area contributed by atoms with Gasteiger partial charge < -0.3 is 5.32 Å². The number of carbonyl (C=O) groups excluding carboxylic acids is 1. The fraction of sp³-hybridized carbons (Fsp3) is 0.208. The number of hydrogen-bond acceptors (Lipinski definition) is 3. The van der Waals surface area contributed by atoms with Crippen molar-refractivity contribution in [2.24, 2.45) is 0 Å². The molecule has 0 atom stereocenters. The molecule has 0 bridgehead atoms. The van der Waals surface area contributed by atoms with E-state index in [0.717, 1.165) is 9.87 Å². The summed E-state index contributed by atoms with van der Waals surface area (Å²) in [5.41, 5.74) is 0.683. The van der Waals surface area contributed by atoms with Crippen LogP contribution in [0.3, 0.4) is 0 Å². The van der Waals surface area contributed by atoms with E-state index < -0.39 is 28.0 Å². The van der Waals surface area contributed by atoms with Gasteiger partial charge in [0.25, 0.3) is 10.0 Å². The van der Waals surface area contributed by atoms with E-state index in [0.29, 0.717) is 6.42 Å². The summed E-state index contributed by atoms with van der Waals surface area (Å²) < 4.78 is 27.8. The van der Waals surface area contributed by atoms with Crippen LogP contribution in [0.4, 0.5) is 5.69 Å². The van der Waals surface area contributed by atoms with Crippen LogP contribution in [0, 0.1) is 0 Å². The van der Waals surface area contributed by atoms with Gasteiger partial charge in [0.15, 0.2) is 0 Å². The average molecular weight is 491 g/mol. The maximum absolute atomic E-state index is 13.4. The van der Waals surface area contributed by atoms with Crippen LogP contribution in [0.15, 0.2) is 83.8 Å². The van der Waals surface area contributed by atoms with Crippen molar-refractivity contribution in [3.05, 3.63) is 94.5 Å². The largest absolute Gasteiger partial charge is 0.349 e. The van der Waals surface area contributed by atoms with E-state index in [1.165, 1.54) is 30.3 Å². The van der Waals surface area contributed by atoms with Crippen LogP contribution in [0.2, 0.25) is 10.0 Å². The zero-order chi connectivity index (χ0) is 23.4. The first-order valence-corrected chi connectivity index (χ1v) is 12.2. The number of sulfonamides is 1. The zero-order valence-corrected chi connectivity index (χ0v) is 20.1. The maximum atomic E-state index is 13.4. The van der Waals surface area contributed by atoms with Gasteiger partial charge in [-0.2, -0.15) is 0 Å². The molecule has 32 heavy (non-hydrogen) atoms. The normalized spacial score (nSPS) is 11.8. The summed E-state index contributed by atoms with van der Waals surface area (Å²) >= 11 is 12.2. The molecule has 0 aliphatic carbocycles. The first-order valence-electron chi connectivity index (χ1n) is 9.96. The highest BCUT2D eigenvalue weighted by atomic mass is 35.5. The first-order chi connectivity index (χ1) is 15.1. The van der Waals surface area contributed by atoms with Crippen LogP contribution in [0.5, 0.6) is 0 Å². The Labute approximate surface area is 199 Å². The number of hydrogen-bond donors (Lipinski definition) is 1. The molecule has 0 fully saturated rings. The second-order valence-electron chi connectivity index (χ2n) is 8.05. The van der Waals surface area contributed by atoms with Crippen molar-refractivity contribution in [2.45, 2.75) is 30.7 Å². The molecule has 0 aromatic heterocycles. The van der Waals surface area contributed by atoms with Gasteiger partial charge in [0.2, 0.25) is 5.91 Å². The molecule has 0 aliphatic heterocycles. The number of halogens is 2. The average Bonchev–Trinajstić information content (AvgIpc) is 2.72. The minimum Gasteiger partial charge on any atom is -0.349 e. The summed E-state index contributed by atoms with van der Waals surface area (Å²) in [5.74, 6) is -0.443. The lowest BCUT2D eigenvalue weighted by Gasteiger charge is -2.29. The third-order valence-electron chi connectivity index (χ3n) is 4.72. The Morgan fingerprint density at radius 2 is 1.44 bits per heavy atom. The Bertz CT molecular complexity index is 1160. The highest BCUT2D eigenvalue weighted by molar-refractivity contribution is 7.92. The predicted octanol–water partition coefficient (Wildman–Crippen LogP) is 5.33. The van der Waals surface area contributed by atoms with Crippen molar-refractivity contribution in [2.75, 3.05) is 10.8 Å². The summed E-state index contributed by atoms with van der Waals surface area (Å²) in [6.07, 6.45) is 0.591. The van der Waals surface area contributed by atoms with Crippen LogP contribution >= 0.6 is 23.2 Å². The summed E-state index contributed by atoms with van der Waals surface area (Å²) in [5, 5.41) is 3.48. The molecule has 0 saturated carbocycles. The van der Waals surface area contributed by atoms with Gasteiger partial charge in [0.1, 0.15) is 6.54 Å². The van der Waals surface area contributed by atoms with Crippen molar-refractivity contribution in [1.82, 2.24) is 5.32 Å². The van der Waals surface area contributed by atoms with Gasteiger partial charge in [-0.1, -0.05) is 71.7 Å². The third-order valence-corrected chi connectivity index (χ3v) is 6.94. The van der Waals surface area contributed by atoms with Crippen molar-refractivity contribution in [3.63, 3.8) is 0 Å². The van der Waals surface area contributed by atoms with Crippen LogP contribution in [-0.4, -0.2) is 26.4 Å². The highest BCUT2D eigenvalue weighted by Gasteiger charge is 2.29. The number of rotatable bonds is 8. The number of benzene rings is 3. The molecule has 3 aromatic rings. The number of carbonyl (C=O) groups is 1. The molecular weight excluding hydrogens is 467 g/mol. The van der Waals surface area contributed by atoms with Crippen molar-refractivity contribution in [1.29, 1.82) is 0 Å². The summed E-state index contributed by atoms with van der Waals surface area (Å²) in [4.78, 5) is 13.1. The van der Waals surface area contributed by atoms with E-state index in [1.54, 1.807) is 18.2 Å². The molecule has 3 aromatic carbocycles. The Morgan fingerprint density at radius 1 is 0.906 bits per heavy atom. The monoisotopic (exact) mass is 490 g/mol. The summed E-state index contributed by atoms with van der Waals surface area (Å²) in [7, 11) is -4.04. The van der Waals surface area contributed by atoms with E-state index in [9.17, 15) is 13.2 Å². The van der Waals surface area contributed by atoms with Crippen LogP contribution in [0.1, 0.15) is 19.4 Å². The minimum absolute atomic E-state index is 0.0624. The second kappa shape index (κ2) is 9.94. The van der Waals surface area contributed by atoms with Crippen molar-refractivity contribution in [3.8, 4) is 0 Å². The van der Waals surface area contributed by atoms with Crippen molar-refractivity contribution >= 4 is 44.8 Å². The Morgan fingerprint density at radius 3 is 2.00 bits per heavy atom. The minimum atomic E-state index is -4.04. The molecule has 5 nitrogen and oxygen atoms in total. The quantitative estimate of drug-likeness (QED) is 0.464. The standard InChI is InChI=1S/C24H24Cl2N2O3S/c1-24(2,16-18-9-5-3-6-10-18)27-23(29)17-28(21-14-19(25)13-20(26)15-21)32(30,31)22-11-7-4-8-12-22/h3-15H,16-17H2,1-2H3,(H,27,29). The molecule has 3 rings (SSSR count). The molecule has 0 aliphatic rings. The molecule has 8 heteroatoms. The number of nitrogens with one attached hydrogen (secondary N) is 1. The van der Waals surface area contributed by atoms with E-state index in [1.807, 2.05) is 44.2 Å². The van der Waals surface area contributed by atoms with Crippen LogP contribution < -0.4 is 9.62 Å². The molecule has 0 saturated heterocycles. The lowest BCUT2D eigenvalue weighted by atomic mass is 9.95. The van der Waals surface area contributed by atoms with E-state index in [4.69, 9.17) is 23.2 Å². The molecule has 1 N–H and O–H groups in total. The predicted molar refractivity (Wildman–Crippen MR) is 130 cm³/mol. The van der Waals surface area contributed by atoms with Gasteiger partial charge in [0, 0.05) is 15.6 Å². The fourth-order valence-corrected chi connectivity index (χ4v) is 5.36. The third kappa shape index (κ3) is 6.25. The SMILES string of the molecule is CC(C)(Cc1ccccc1)NC(=O)CN(c1cc(Cl)cc(Cl)c1)S(=O)(=O)c1ccccc1. The molecule has 0 spiro atoms. The van der Waals surface area contributed by atoms with E-state index >= 15 is 0 Å². The summed E-state index contributed by atoms with van der Waals surface area (Å²) in [6, 6.07) is 22.1. The smallest absolute Gasteiger partial charge is 0.264 e. The lowest BCUT2D eigenvalue weighted by molar-refractivity contribution is -0.121. The number of nitrogens with zero attached hydrogens (tertiary/aromatic N) is 1. The molecule has 0 radical (unpaired) electrons. The van der Waals surface area contributed by atoms with Gasteiger partial charge in [-0.25, -0.2) is 8.42 Å². The Kier molecular flexibility index (Phi) is 7.49. The Hall–Kier alpha value is -2.54. The topological polar surface area (TPSA) is 66.5 Å². The van der Waals surface area contributed by atoms with Gasteiger partial charge >= 0.3 is 0 Å². The zero-order valence-electron chi connectivity index (χ0n) is 17.8. The van der Waals surface area contributed by atoms with E-state index in [-0.39, 0.29) is 20.6 Å².